The Hall–Kier alpha value is -3.55. The summed E-state index contributed by atoms with van der Waals surface area (Å²) in [6.45, 7) is 15.4. The molecule has 13 heteroatoms. The largest absolute Gasteiger partial charge is 0.480 e. The van der Waals surface area contributed by atoms with Crippen LogP contribution in [0.1, 0.15) is 86.6 Å². The summed E-state index contributed by atoms with van der Waals surface area (Å²) in [6.07, 6.45) is 0.748. The second kappa shape index (κ2) is 21.4. The minimum absolute atomic E-state index is 0.0190. The molecule has 0 aromatic heterocycles. The monoisotopic (exact) mass is 745 g/mol. The maximum absolute atomic E-state index is 14.3. The number of carboxylic acid groups (broad SMARTS) is 1. The van der Waals surface area contributed by atoms with Crippen LogP contribution in [0.2, 0.25) is 0 Å². The van der Waals surface area contributed by atoms with Gasteiger partial charge in [-0.05, 0) is 50.1 Å². The van der Waals surface area contributed by atoms with Gasteiger partial charge in [-0.1, -0.05) is 85.2 Å². The molecule has 13 nitrogen and oxygen atoms in total. The van der Waals surface area contributed by atoms with Crippen LogP contribution in [0.15, 0.2) is 30.3 Å². The number of amides is 4. The van der Waals surface area contributed by atoms with Gasteiger partial charge in [-0.2, -0.15) is 0 Å². The zero-order valence-electron chi connectivity index (χ0n) is 34.0. The Kier molecular flexibility index (Phi) is 18.4. The van der Waals surface area contributed by atoms with Crippen molar-refractivity contribution < 1.29 is 38.6 Å². The van der Waals surface area contributed by atoms with Crippen LogP contribution >= 0.6 is 0 Å². The van der Waals surface area contributed by atoms with Crippen LogP contribution in [0.5, 0.6) is 0 Å². The summed E-state index contributed by atoms with van der Waals surface area (Å²) in [5.74, 6) is -3.30. The quantitative estimate of drug-likeness (QED) is 0.147. The number of likely N-dealkylation sites (N-methyl/N-ethyl adjacent to an activating group) is 2. The minimum atomic E-state index is -1.14. The smallest absolute Gasteiger partial charge is 0.326 e. The first-order chi connectivity index (χ1) is 24.9. The molecule has 0 radical (unpaired) electrons. The van der Waals surface area contributed by atoms with Gasteiger partial charge in [0.05, 0.1) is 42.7 Å². The van der Waals surface area contributed by atoms with E-state index < -0.39 is 60.2 Å². The second-order valence-electron chi connectivity index (χ2n) is 15.4. The predicted octanol–water partition coefficient (Wildman–Crippen LogP) is 3.49. The van der Waals surface area contributed by atoms with Crippen molar-refractivity contribution in [2.75, 3.05) is 28.3 Å². The number of hydrogen-bond acceptors (Lipinski definition) is 8. The van der Waals surface area contributed by atoms with Gasteiger partial charge in [0.25, 0.3) is 0 Å². The lowest BCUT2D eigenvalue weighted by molar-refractivity contribution is -0.149. The molecular formula is C40H67N5O8. The van der Waals surface area contributed by atoms with E-state index in [1.807, 2.05) is 78.8 Å². The Morgan fingerprint density at radius 3 is 2.00 bits per heavy atom. The predicted molar refractivity (Wildman–Crippen MR) is 205 cm³/mol. The molecule has 0 aliphatic carbocycles. The normalized spacial score (nSPS) is 20.5. The molecule has 1 fully saturated rings. The molecule has 1 aliphatic rings. The summed E-state index contributed by atoms with van der Waals surface area (Å²) in [7, 11) is 6.47. The van der Waals surface area contributed by atoms with E-state index in [0.717, 1.165) is 5.56 Å². The highest BCUT2D eigenvalue weighted by Gasteiger charge is 2.45. The molecule has 10 atom stereocenters. The number of carbonyl (C=O) groups excluding carboxylic acids is 4. The molecule has 4 N–H and O–H groups in total. The Morgan fingerprint density at radius 1 is 0.906 bits per heavy atom. The van der Waals surface area contributed by atoms with Gasteiger partial charge in [-0.15, -0.1) is 0 Å². The molecule has 53 heavy (non-hydrogen) atoms. The fourth-order valence-corrected chi connectivity index (χ4v) is 7.72. The molecule has 1 aromatic rings. The van der Waals surface area contributed by atoms with Crippen LogP contribution in [0.3, 0.4) is 0 Å². The maximum Gasteiger partial charge on any atom is 0.326 e. The number of carbonyl (C=O) groups is 5. The third kappa shape index (κ3) is 12.0. The molecule has 300 valence electrons. The van der Waals surface area contributed by atoms with E-state index in [1.165, 1.54) is 14.2 Å². The molecule has 4 amide bonds. The summed E-state index contributed by atoms with van der Waals surface area (Å²) in [4.78, 5) is 70.8. The van der Waals surface area contributed by atoms with Crippen molar-refractivity contribution in [1.29, 1.82) is 0 Å². The van der Waals surface area contributed by atoms with Crippen molar-refractivity contribution in [3.05, 3.63) is 35.9 Å². The molecule has 2 rings (SSSR count). The van der Waals surface area contributed by atoms with Crippen molar-refractivity contribution in [3.8, 4) is 0 Å². The number of methoxy groups -OCH3 is 2. The van der Waals surface area contributed by atoms with Crippen molar-refractivity contribution in [3.63, 3.8) is 0 Å². The molecule has 1 aromatic carbocycles. The van der Waals surface area contributed by atoms with Crippen LogP contribution in [-0.4, -0.2) is 121 Å². The summed E-state index contributed by atoms with van der Waals surface area (Å²) >= 11 is 0. The van der Waals surface area contributed by atoms with E-state index in [-0.39, 0.29) is 54.4 Å². The summed E-state index contributed by atoms with van der Waals surface area (Å²) in [5.41, 5.74) is 0.784. The number of likely N-dealkylation sites (tertiary alicyclic amines) is 1. The molecule has 0 saturated carbocycles. The molecule has 1 aliphatic heterocycles. The molecule has 2 unspecified atom stereocenters. The van der Waals surface area contributed by atoms with Gasteiger partial charge in [0, 0.05) is 33.7 Å². The van der Waals surface area contributed by atoms with Crippen LogP contribution in [0.4, 0.5) is 0 Å². The molecule has 0 bridgehead atoms. The first-order valence-corrected chi connectivity index (χ1v) is 19.1. The zero-order chi connectivity index (χ0) is 40.2. The fraction of sp³-hybridized carbons (Fsp3) is 0.725. The second-order valence-corrected chi connectivity index (χ2v) is 15.4. The van der Waals surface area contributed by atoms with Crippen molar-refractivity contribution >= 4 is 29.6 Å². The van der Waals surface area contributed by atoms with Crippen molar-refractivity contribution in [2.24, 2.45) is 23.7 Å². The Labute approximate surface area is 317 Å². The number of nitrogens with zero attached hydrogens (tertiary/aromatic N) is 2. The highest BCUT2D eigenvalue weighted by Crippen LogP contribution is 2.33. The lowest BCUT2D eigenvalue weighted by atomic mass is 9.89. The van der Waals surface area contributed by atoms with Gasteiger partial charge in [-0.3, -0.25) is 19.2 Å². The Bertz CT molecular complexity index is 1340. The number of hydrogen-bond donors (Lipinski definition) is 4. The average Bonchev–Trinajstić information content (AvgIpc) is 3.50. The van der Waals surface area contributed by atoms with Gasteiger partial charge in [-0.25, -0.2) is 4.79 Å². The van der Waals surface area contributed by atoms with Gasteiger partial charge in [0.2, 0.25) is 23.6 Å². The molecule has 0 spiro atoms. The highest BCUT2D eigenvalue weighted by atomic mass is 16.5. The van der Waals surface area contributed by atoms with Crippen molar-refractivity contribution in [1.82, 2.24) is 25.8 Å². The van der Waals surface area contributed by atoms with E-state index in [0.29, 0.717) is 19.3 Å². The number of nitrogens with one attached hydrogen (secondary N) is 3. The minimum Gasteiger partial charge on any atom is -0.480 e. The first kappa shape index (κ1) is 45.6. The molecular weight excluding hydrogens is 678 g/mol. The van der Waals surface area contributed by atoms with E-state index in [9.17, 15) is 29.1 Å². The van der Waals surface area contributed by atoms with Gasteiger partial charge in [0.1, 0.15) is 12.1 Å². The zero-order valence-corrected chi connectivity index (χ0v) is 34.0. The van der Waals surface area contributed by atoms with Crippen LogP contribution in [0, 0.1) is 23.7 Å². The van der Waals surface area contributed by atoms with E-state index in [2.05, 4.69) is 16.0 Å². The third-order valence-electron chi connectivity index (χ3n) is 11.0. The van der Waals surface area contributed by atoms with Gasteiger partial charge >= 0.3 is 5.97 Å². The number of benzene rings is 1. The fourth-order valence-electron chi connectivity index (χ4n) is 7.72. The first-order valence-electron chi connectivity index (χ1n) is 19.1. The summed E-state index contributed by atoms with van der Waals surface area (Å²) in [6, 6.07) is 5.65. The number of ether oxygens (including phenoxy) is 2. The van der Waals surface area contributed by atoms with Gasteiger partial charge < -0.3 is 40.3 Å². The standard InChI is InChI=1S/C40H67N5O8/c1-13-25(6)35(44(10)39(49)34(24(4)5)43-38(48)33(41-9)23(2)3)31(52-11)22-32(46)45-26(7)19-20-30(45)36(53-12)27(8)37(47)42-29(40(50)51)21-28-17-15-14-16-18-28/h14-18,23-27,29-31,33-36,41H,13,19-22H2,1-12H3,(H,42,47)(H,43,48)(H,50,51)/t25-,26-,27+,29-,30-,31+,33-,34?,35?,36+/m0/s1. The summed E-state index contributed by atoms with van der Waals surface area (Å²) < 4.78 is 11.9. The average molecular weight is 746 g/mol. The van der Waals surface area contributed by atoms with Crippen LogP contribution < -0.4 is 16.0 Å². The number of rotatable bonds is 21. The maximum atomic E-state index is 14.3. The third-order valence-corrected chi connectivity index (χ3v) is 11.0. The molecule has 1 saturated heterocycles. The van der Waals surface area contributed by atoms with Crippen LogP contribution in [-0.2, 0) is 39.9 Å². The van der Waals surface area contributed by atoms with E-state index >= 15 is 0 Å². The van der Waals surface area contributed by atoms with Crippen molar-refractivity contribution in [2.45, 2.75) is 136 Å². The lowest BCUT2D eigenvalue weighted by Gasteiger charge is -2.41. The topological polar surface area (TPSA) is 167 Å². The summed E-state index contributed by atoms with van der Waals surface area (Å²) in [5, 5.41) is 18.6. The van der Waals surface area contributed by atoms with Gasteiger partial charge in [0.15, 0.2) is 0 Å². The van der Waals surface area contributed by atoms with Crippen LogP contribution in [0.25, 0.3) is 0 Å². The number of aliphatic carboxylic acids is 1. The SMILES string of the molecule is CC[C@H](C)C([C@@H](CC(=O)N1[C@@H](C)CC[C@H]1[C@H](OC)[C@@H](C)C(=O)N[C@@H](Cc1ccccc1)C(=O)O)OC)N(C)C(=O)C(NC(=O)[C@@H](NC)C(C)C)C(C)C. The Balaban J connectivity index is 2.31. The number of carboxylic acids is 1. The van der Waals surface area contributed by atoms with E-state index in [1.54, 1.807) is 30.8 Å². The Morgan fingerprint density at radius 2 is 1.51 bits per heavy atom. The van der Waals surface area contributed by atoms with E-state index in [4.69, 9.17) is 9.47 Å². The molecule has 1 heterocycles. The lowest BCUT2D eigenvalue weighted by Crippen LogP contribution is -2.59. The highest BCUT2D eigenvalue weighted by molar-refractivity contribution is 5.90.